The monoisotopic (exact) mass is 346 g/mol. The number of amides is 1. The molecule has 5 heteroatoms. The normalized spacial score (nSPS) is 17.9. The van der Waals surface area contributed by atoms with E-state index in [1.165, 1.54) is 12.7 Å². The Balaban J connectivity index is 1.62. The molecule has 1 unspecified atom stereocenters. The summed E-state index contributed by atoms with van der Waals surface area (Å²) in [6.45, 7) is 3.12. The molecule has 0 saturated carbocycles. The van der Waals surface area contributed by atoms with Crippen LogP contribution in [0.2, 0.25) is 0 Å². The van der Waals surface area contributed by atoms with Crippen molar-refractivity contribution in [2.24, 2.45) is 0 Å². The molecule has 1 aromatic carbocycles. The van der Waals surface area contributed by atoms with Gasteiger partial charge in [-0.2, -0.15) is 0 Å². The Kier molecular flexibility index (Phi) is 8.46. The zero-order valence-electron chi connectivity index (χ0n) is 15.2. The third-order valence-corrected chi connectivity index (χ3v) is 4.67. The second kappa shape index (κ2) is 10.9. The van der Waals surface area contributed by atoms with Gasteiger partial charge in [0.15, 0.2) is 0 Å². The first-order valence-electron chi connectivity index (χ1n) is 9.30. The second-order valence-corrected chi connectivity index (χ2v) is 6.73. The molecular formula is C20H30N2O3. The SMILES string of the molecule is COC(=O)CCCC(=O)NC1CCCN(CCCc2ccccc2)C1. The Morgan fingerprint density at radius 1 is 1.20 bits per heavy atom. The van der Waals surface area contributed by atoms with Crippen LogP contribution in [0.5, 0.6) is 0 Å². The van der Waals surface area contributed by atoms with Crippen molar-refractivity contribution < 1.29 is 14.3 Å². The molecule has 1 aliphatic rings. The zero-order chi connectivity index (χ0) is 17.9. The number of nitrogens with zero attached hydrogens (tertiary/aromatic N) is 1. The molecule has 138 valence electrons. The van der Waals surface area contributed by atoms with E-state index in [1.807, 2.05) is 6.07 Å². The lowest BCUT2D eigenvalue weighted by Crippen LogP contribution is -2.47. The van der Waals surface area contributed by atoms with Gasteiger partial charge in [0.2, 0.25) is 5.91 Å². The molecule has 2 rings (SSSR count). The van der Waals surface area contributed by atoms with E-state index >= 15 is 0 Å². The molecule has 1 aliphatic heterocycles. The van der Waals surface area contributed by atoms with Gasteiger partial charge in [0.25, 0.3) is 0 Å². The summed E-state index contributed by atoms with van der Waals surface area (Å²) in [5.41, 5.74) is 1.38. The molecule has 25 heavy (non-hydrogen) atoms. The minimum atomic E-state index is -0.255. The molecule has 1 atom stereocenters. The van der Waals surface area contributed by atoms with E-state index in [-0.39, 0.29) is 17.9 Å². The molecule has 1 aromatic rings. The fourth-order valence-electron chi connectivity index (χ4n) is 3.32. The van der Waals surface area contributed by atoms with Crippen molar-refractivity contribution in [3.63, 3.8) is 0 Å². The van der Waals surface area contributed by atoms with Gasteiger partial charge in [-0.3, -0.25) is 9.59 Å². The van der Waals surface area contributed by atoms with Crippen molar-refractivity contribution in [3.8, 4) is 0 Å². The number of methoxy groups -OCH3 is 1. The van der Waals surface area contributed by atoms with Gasteiger partial charge in [-0.15, -0.1) is 0 Å². The Labute approximate surface area is 150 Å². The first kappa shape index (κ1) is 19.4. The van der Waals surface area contributed by atoms with E-state index in [0.29, 0.717) is 19.3 Å². The molecule has 1 heterocycles. The van der Waals surface area contributed by atoms with E-state index in [9.17, 15) is 9.59 Å². The summed E-state index contributed by atoms with van der Waals surface area (Å²) in [7, 11) is 1.37. The zero-order valence-corrected chi connectivity index (χ0v) is 15.2. The predicted molar refractivity (Wildman–Crippen MR) is 98.2 cm³/mol. The number of benzene rings is 1. The highest BCUT2D eigenvalue weighted by Gasteiger charge is 2.21. The summed E-state index contributed by atoms with van der Waals surface area (Å²) in [5.74, 6) is -0.213. The maximum atomic E-state index is 12.0. The first-order chi connectivity index (χ1) is 12.2. The number of rotatable bonds is 9. The number of carbonyl (C=O) groups excluding carboxylic acids is 2. The maximum absolute atomic E-state index is 12.0. The fraction of sp³-hybridized carbons (Fsp3) is 0.600. The number of hydrogen-bond donors (Lipinski definition) is 1. The highest BCUT2D eigenvalue weighted by molar-refractivity contribution is 5.77. The van der Waals surface area contributed by atoms with Gasteiger partial charge < -0.3 is 15.0 Å². The number of ether oxygens (including phenoxy) is 1. The molecule has 1 saturated heterocycles. The van der Waals surface area contributed by atoms with Gasteiger partial charge in [0, 0.05) is 25.4 Å². The summed E-state index contributed by atoms with van der Waals surface area (Å²) < 4.78 is 4.59. The minimum absolute atomic E-state index is 0.0417. The lowest BCUT2D eigenvalue weighted by atomic mass is 10.0. The quantitative estimate of drug-likeness (QED) is 0.698. The molecule has 0 spiro atoms. The minimum Gasteiger partial charge on any atom is -0.469 e. The Hall–Kier alpha value is -1.88. The molecule has 1 amide bonds. The summed E-state index contributed by atoms with van der Waals surface area (Å²) in [4.78, 5) is 25.5. The Bertz CT molecular complexity index is 533. The number of likely N-dealkylation sites (tertiary alicyclic amines) is 1. The van der Waals surface area contributed by atoms with Gasteiger partial charge in [-0.1, -0.05) is 30.3 Å². The van der Waals surface area contributed by atoms with Crippen LogP contribution in [-0.4, -0.2) is 49.6 Å². The fourth-order valence-corrected chi connectivity index (χ4v) is 3.32. The van der Waals surface area contributed by atoms with Gasteiger partial charge in [-0.05, 0) is 50.8 Å². The molecule has 1 fully saturated rings. The summed E-state index contributed by atoms with van der Waals surface area (Å²) in [5, 5.41) is 3.12. The average Bonchev–Trinajstić information content (AvgIpc) is 2.63. The Morgan fingerprint density at radius 2 is 2.00 bits per heavy atom. The standard InChI is InChI=1S/C20H30N2O3/c1-25-20(24)13-5-12-19(23)21-18-11-7-15-22(16-18)14-6-10-17-8-3-2-4-9-17/h2-4,8-9,18H,5-7,10-16H2,1H3,(H,21,23). The van der Waals surface area contributed by atoms with E-state index in [4.69, 9.17) is 0 Å². The van der Waals surface area contributed by atoms with Gasteiger partial charge >= 0.3 is 5.97 Å². The topological polar surface area (TPSA) is 58.6 Å². The van der Waals surface area contributed by atoms with Crippen LogP contribution < -0.4 is 5.32 Å². The Morgan fingerprint density at radius 3 is 2.76 bits per heavy atom. The highest BCUT2D eigenvalue weighted by atomic mass is 16.5. The number of piperidine rings is 1. The number of hydrogen-bond acceptors (Lipinski definition) is 4. The lowest BCUT2D eigenvalue weighted by molar-refractivity contribution is -0.140. The third kappa shape index (κ3) is 7.69. The van der Waals surface area contributed by atoms with Crippen LogP contribution in [0.25, 0.3) is 0 Å². The van der Waals surface area contributed by atoms with E-state index in [2.05, 4.69) is 39.2 Å². The lowest BCUT2D eigenvalue weighted by Gasteiger charge is -2.33. The number of carbonyl (C=O) groups is 2. The number of esters is 1. The molecule has 1 N–H and O–H groups in total. The van der Waals surface area contributed by atoms with Crippen LogP contribution >= 0.6 is 0 Å². The maximum Gasteiger partial charge on any atom is 0.305 e. The third-order valence-electron chi connectivity index (χ3n) is 4.67. The molecular weight excluding hydrogens is 316 g/mol. The van der Waals surface area contributed by atoms with E-state index < -0.39 is 0 Å². The van der Waals surface area contributed by atoms with Crippen LogP contribution in [0, 0.1) is 0 Å². The molecule has 0 aliphatic carbocycles. The summed E-state index contributed by atoms with van der Waals surface area (Å²) in [6, 6.07) is 10.8. The number of nitrogens with one attached hydrogen (secondary N) is 1. The molecule has 5 nitrogen and oxygen atoms in total. The average molecular weight is 346 g/mol. The number of aryl methyl sites for hydroxylation is 1. The van der Waals surface area contributed by atoms with Crippen molar-refractivity contribution in [2.75, 3.05) is 26.7 Å². The molecule has 0 bridgehead atoms. The largest absolute Gasteiger partial charge is 0.469 e. The van der Waals surface area contributed by atoms with Crippen molar-refractivity contribution in [2.45, 2.75) is 51.0 Å². The van der Waals surface area contributed by atoms with Crippen molar-refractivity contribution in [3.05, 3.63) is 35.9 Å². The first-order valence-corrected chi connectivity index (χ1v) is 9.30. The summed E-state index contributed by atoms with van der Waals surface area (Å²) >= 11 is 0. The van der Waals surface area contributed by atoms with Gasteiger partial charge in [-0.25, -0.2) is 0 Å². The highest BCUT2D eigenvalue weighted by Crippen LogP contribution is 2.12. The van der Waals surface area contributed by atoms with Crippen molar-refractivity contribution in [1.29, 1.82) is 0 Å². The van der Waals surface area contributed by atoms with Crippen molar-refractivity contribution >= 4 is 11.9 Å². The van der Waals surface area contributed by atoms with E-state index in [0.717, 1.165) is 45.3 Å². The predicted octanol–water partition coefficient (Wildman–Crippen LogP) is 2.54. The van der Waals surface area contributed by atoms with Crippen LogP contribution in [0.15, 0.2) is 30.3 Å². The molecule has 0 aromatic heterocycles. The molecule has 0 radical (unpaired) electrons. The second-order valence-electron chi connectivity index (χ2n) is 6.73. The van der Waals surface area contributed by atoms with Crippen LogP contribution in [-0.2, 0) is 20.7 Å². The smallest absolute Gasteiger partial charge is 0.305 e. The van der Waals surface area contributed by atoms with Crippen molar-refractivity contribution in [1.82, 2.24) is 10.2 Å². The van der Waals surface area contributed by atoms with Gasteiger partial charge in [0.1, 0.15) is 0 Å². The summed E-state index contributed by atoms with van der Waals surface area (Å²) in [6.07, 6.45) is 5.65. The van der Waals surface area contributed by atoms with Crippen LogP contribution in [0.4, 0.5) is 0 Å². The van der Waals surface area contributed by atoms with Gasteiger partial charge in [0.05, 0.1) is 7.11 Å². The van der Waals surface area contributed by atoms with Crippen LogP contribution in [0.3, 0.4) is 0 Å². The van der Waals surface area contributed by atoms with Crippen LogP contribution in [0.1, 0.15) is 44.1 Å². The van der Waals surface area contributed by atoms with E-state index in [1.54, 1.807) is 0 Å².